The van der Waals surface area contributed by atoms with Crippen molar-refractivity contribution in [1.29, 1.82) is 0 Å². The molecule has 1 aliphatic rings. The maximum absolute atomic E-state index is 6.49. The highest BCUT2D eigenvalue weighted by atomic mass is 35.5. The fourth-order valence-corrected chi connectivity index (χ4v) is 3.35. The van der Waals surface area contributed by atoms with E-state index in [-0.39, 0.29) is 12.0 Å². The fraction of sp³-hybridized carbons (Fsp3) is 0.412. The minimum absolute atomic E-state index is 0.127. The van der Waals surface area contributed by atoms with Crippen molar-refractivity contribution in [3.05, 3.63) is 34.5 Å². The molecule has 2 heterocycles. The number of hydrogen-bond acceptors (Lipinski definition) is 7. The van der Waals surface area contributed by atoms with E-state index in [1.165, 1.54) is 0 Å². The third kappa shape index (κ3) is 3.72. The first-order valence-corrected chi connectivity index (χ1v) is 8.46. The first-order chi connectivity index (χ1) is 12.0. The van der Waals surface area contributed by atoms with Gasteiger partial charge >= 0.3 is 0 Å². The number of hydrogen-bond donors (Lipinski definition) is 2. The summed E-state index contributed by atoms with van der Waals surface area (Å²) < 4.78 is 11.1. The predicted octanol–water partition coefficient (Wildman–Crippen LogP) is 2.58. The predicted molar refractivity (Wildman–Crippen MR) is 99.1 cm³/mol. The van der Waals surface area contributed by atoms with Crippen LogP contribution >= 0.6 is 11.6 Å². The van der Waals surface area contributed by atoms with Crippen LogP contribution in [0.1, 0.15) is 23.7 Å². The van der Waals surface area contributed by atoms with Crippen molar-refractivity contribution in [3.63, 3.8) is 0 Å². The number of aryl methyl sites for hydroxylation is 1. The molecule has 0 amide bonds. The minimum atomic E-state index is -0.127. The quantitative estimate of drug-likeness (QED) is 0.808. The largest absolute Gasteiger partial charge is 0.495 e. The number of nitrogen functional groups attached to an aromatic ring is 2. The Hall–Kier alpha value is -2.25. The monoisotopic (exact) mass is 363 g/mol. The molecule has 25 heavy (non-hydrogen) atoms. The van der Waals surface area contributed by atoms with E-state index in [1.807, 2.05) is 19.1 Å². The van der Waals surface area contributed by atoms with Crippen LogP contribution in [-0.2, 0) is 4.74 Å². The zero-order valence-corrected chi connectivity index (χ0v) is 15.1. The third-order valence-electron chi connectivity index (χ3n) is 4.20. The second-order valence-corrected chi connectivity index (χ2v) is 6.39. The van der Waals surface area contributed by atoms with E-state index in [4.69, 9.17) is 32.5 Å². The van der Waals surface area contributed by atoms with Gasteiger partial charge in [0.25, 0.3) is 0 Å². The van der Waals surface area contributed by atoms with Crippen LogP contribution in [0.4, 0.5) is 17.5 Å². The molecule has 0 spiro atoms. The first kappa shape index (κ1) is 17.6. The average Bonchev–Trinajstić information content (AvgIpc) is 2.80. The molecule has 1 aromatic heterocycles. The second-order valence-electron chi connectivity index (χ2n) is 5.98. The molecule has 0 radical (unpaired) electrons. The minimum Gasteiger partial charge on any atom is -0.495 e. The molecular weight excluding hydrogens is 342 g/mol. The van der Waals surface area contributed by atoms with E-state index in [1.54, 1.807) is 13.2 Å². The van der Waals surface area contributed by atoms with Crippen molar-refractivity contribution in [3.8, 4) is 5.75 Å². The standard InChI is InChI=1S/C17H22ClN5O2/c1-10-6-16(22-17(20)21-10)23-4-3-5-25-9-14(23)11-7-15(24-2)13(19)8-12(11)18/h6-8,14H,3-5,9,19H2,1-2H3,(H2,20,21,22)/t14-/m1/s1. The van der Waals surface area contributed by atoms with Gasteiger partial charge in [-0.05, 0) is 31.0 Å². The Morgan fingerprint density at radius 1 is 1.28 bits per heavy atom. The molecule has 0 bridgehead atoms. The van der Waals surface area contributed by atoms with Gasteiger partial charge in [0.2, 0.25) is 5.95 Å². The molecule has 4 N–H and O–H groups in total. The Kier molecular flexibility index (Phi) is 5.15. The SMILES string of the molecule is COc1cc([C@H]2COCCCN2c2cc(C)nc(N)n2)c(Cl)cc1N. The Balaban J connectivity index is 2.07. The molecule has 1 aromatic carbocycles. The van der Waals surface area contributed by atoms with Gasteiger partial charge in [-0.3, -0.25) is 0 Å². The second kappa shape index (κ2) is 7.33. The molecular formula is C17H22ClN5O2. The highest BCUT2D eigenvalue weighted by Crippen LogP contribution is 2.37. The topological polar surface area (TPSA) is 99.5 Å². The van der Waals surface area contributed by atoms with Gasteiger partial charge in [0, 0.05) is 29.9 Å². The Morgan fingerprint density at radius 2 is 2.08 bits per heavy atom. The number of halogens is 1. The van der Waals surface area contributed by atoms with Crippen LogP contribution < -0.4 is 21.1 Å². The van der Waals surface area contributed by atoms with Crippen molar-refractivity contribution in [1.82, 2.24) is 9.97 Å². The molecule has 8 heteroatoms. The lowest BCUT2D eigenvalue weighted by atomic mass is 10.0. The van der Waals surface area contributed by atoms with Crippen molar-refractivity contribution >= 4 is 29.1 Å². The summed E-state index contributed by atoms with van der Waals surface area (Å²) in [6, 6.07) is 5.36. The molecule has 0 unspecified atom stereocenters. The van der Waals surface area contributed by atoms with Gasteiger partial charge in [0.15, 0.2) is 0 Å². The van der Waals surface area contributed by atoms with Crippen molar-refractivity contribution in [2.24, 2.45) is 0 Å². The maximum Gasteiger partial charge on any atom is 0.222 e. The molecule has 0 aliphatic carbocycles. The Labute approximate surface area is 151 Å². The number of benzene rings is 1. The van der Waals surface area contributed by atoms with Crippen LogP contribution in [0.3, 0.4) is 0 Å². The molecule has 0 saturated carbocycles. The summed E-state index contributed by atoms with van der Waals surface area (Å²) in [6.07, 6.45) is 0.878. The van der Waals surface area contributed by atoms with Gasteiger partial charge in [0.1, 0.15) is 11.6 Å². The molecule has 2 aromatic rings. The van der Waals surface area contributed by atoms with Crippen molar-refractivity contribution < 1.29 is 9.47 Å². The molecule has 1 aliphatic heterocycles. The van der Waals surface area contributed by atoms with Gasteiger partial charge < -0.3 is 25.8 Å². The highest BCUT2D eigenvalue weighted by molar-refractivity contribution is 6.31. The van der Waals surface area contributed by atoms with Crippen molar-refractivity contribution in [2.45, 2.75) is 19.4 Å². The van der Waals surface area contributed by atoms with Gasteiger partial charge in [0.05, 0.1) is 25.4 Å². The van der Waals surface area contributed by atoms with E-state index in [0.29, 0.717) is 29.7 Å². The summed E-state index contributed by atoms with van der Waals surface area (Å²) in [5.41, 5.74) is 14.0. The molecule has 1 atom stereocenters. The van der Waals surface area contributed by atoms with E-state index in [9.17, 15) is 0 Å². The van der Waals surface area contributed by atoms with Crippen LogP contribution in [0.2, 0.25) is 5.02 Å². The first-order valence-electron chi connectivity index (χ1n) is 8.08. The smallest absolute Gasteiger partial charge is 0.222 e. The summed E-state index contributed by atoms with van der Waals surface area (Å²) in [4.78, 5) is 10.7. The van der Waals surface area contributed by atoms with E-state index in [2.05, 4.69) is 14.9 Å². The summed E-state index contributed by atoms with van der Waals surface area (Å²) in [5.74, 6) is 1.59. The molecule has 7 nitrogen and oxygen atoms in total. The van der Waals surface area contributed by atoms with Gasteiger partial charge in [-0.15, -0.1) is 0 Å². The van der Waals surface area contributed by atoms with E-state index >= 15 is 0 Å². The van der Waals surface area contributed by atoms with E-state index in [0.717, 1.165) is 30.0 Å². The van der Waals surface area contributed by atoms with Crippen LogP contribution in [0.5, 0.6) is 5.75 Å². The number of anilines is 3. The lowest BCUT2D eigenvalue weighted by Gasteiger charge is -2.31. The fourth-order valence-electron chi connectivity index (χ4n) is 3.05. The zero-order chi connectivity index (χ0) is 18.0. The van der Waals surface area contributed by atoms with Crippen LogP contribution in [0, 0.1) is 6.92 Å². The number of methoxy groups -OCH3 is 1. The molecule has 3 rings (SSSR count). The third-order valence-corrected chi connectivity index (χ3v) is 4.53. The Morgan fingerprint density at radius 3 is 2.80 bits per heavy atom. The number of rotatable bonds is 3. The average molecular weight is 364 g/mol. The summed E-state index contributed by atoms with van der Waals surface area (Å²) in [7, 11) is 1.58. The van der Waals surface area contributed by atoms with Gasteiger partial charge in [-0.2, -0.15) is 4.98 Å². The van der Waals surface area contributed by atoms with Crippen LogP contribution in [0.15, 0.2) is 18.2 Å². The zero-order valence-electron chi connectivity index (χ0n) is 14.3. The van der Waals surface area contributed by atoms with Gasteiger partial charge in [-0.25, -0.2) is 4.98 Å². The lowest BCUT2D eigenvalue weighted by Crippen LogP contribution is -2.32. The van der Waals surface area contributed by atoms with Crippen LogP contribution in [0.25, 0.3) is 0 Å². The number of ether oxygens (including phenoxy) is 2. The summed E-state index contributed by atoms with van der Waals surface area (Å²) >= 11 is 6.49. The number of nitrogens with two attached hydrogens (primary N) is 2. The Bertz CT molecular complexity index is 751. The number of nitrogens with zero attached hydrogens (tertiary/aromatic N) is 3. The lowest BCUT2D eigenvalue weighted by molar-refractivity contribution is 0.134. The molecule has 134 valence electrons. The van der Waals surface area contributed by atoms with Crippen molar-refractivity contribution in [2.75, 3.05) is 43.2 Å². The summed E-state index contributed by atoms with van der Waals surface area (Å²) in [6.45, 7) is 3.82. The van der Waals surface area contributed by atoms with Gasteiger partial charge in [-0.1, -0.05) is 11.6 Å². The molecule has 1 fully saturated rings. The molecule has 1 saturated heterocycles. The maximum atomic E-state index is 6.49. The summed E-state index contributed by atoms with van der Waals surface area (Å²) in [5, 5.41) is 0.567. The normalized spacial score (nSPS) is 18.0. The number of aromatic nitrogens is 2. The van der Waals surface area contributed by atoms with E-state index < -0.39 is 0 Å². The highest BCUT2D eigenvalue weighted by Gasteiger charge is 2.27. The van der Waals surface area contributed by atoms with Crippen LogP contribution in [-0.4, -0.2) is 36.8 Å².